The van der Waals surface area contributed by atoms with Crippen LogP contribution >= 0.6 is 0 Å². The Balaban J connectivity index is 1.50. The molecule has 3 aromatic heterocycles. The molecule has 0 bridgehead atoms. The summed E-state index contributed by atoms with van der Waals surface area (Å²) in [6, 6.07) is 19.7. The van der Waals surface area contributed by atoms with E-state index in [1.54, 1.807) is 18.5 Å². The maximum absolute atomic E-state index is 14.3. The van der Waals surface area contributed by atoms with Crippen LogP contribution in [0.1, 0.15) is 12.0 Å². The van der Waals surface area contributed by atoms with Gasteiger partial charge in [-0.05, 0) is 72.5 Å². The first-order valence-electron chi connectivity index (χ1n) is 10.8. The molecule has 164 valence electrons. The Bertz CT molecular complexity index is 1440. The third-order valence-electron chi connectivity index (χ3n) is 5.71. The summed E-state index contributed by atoms with van der Waals surface area (Å²) in [5.74, 6) is -1.26. The van der Waals surface area contributed by atoms with E-state index in [9.17, 15) is 8.78 Å². The van der Waals surface area contributed by atoms with Crippen molar-refractivity contribution < 1.29 is 8.78 Å². The van der Waals surface area contributed by atoms with Gasteiger partial charge >= 0.3 is 0 Å². The lowest BCUT2D eigenvalue weighted by Gasteiger charge is -2.08. The molecule has 33 heavy (non-hydrogen) atoms. The summed E-state index contributed by atoms with van der Waals surface area (Å²) in [5.41, 5.74) is 12.3. The molecule has 0 unspecified atom stereocenters. The first kappa shape index (κ1) is 21.0. The molecule has 5 aromatic rings. The van der Waals surface area contributed by atoms with Gasteiger partial charge < -0.3 is 5.73 Å². The van der Waals surface area contributed by atoms with Crippen LogP contribution in [0.2, 0.25) is 0 Å². The van der Waals surface area contributed by atoms with E-state index in [1.807, 2.05) is 22.7 Å². The van der Waals surface area contributed by atoms with Gasteiger partial charge in [-0.25, -0.2) is 13.8 Å². The van der Waals surface area contributed by atoms with Gasteiger partial charge in [0.05, 0.1) is 17.6 Å². The number of aryl methyl sites for hydroxylation is 1. The minimum atomic E-state index is -0.642. The van der Waals surface area contributed by atoms with Gasteiger partial charge in [0.1, 0.15) is 17.3 Å². The molecule has 0 saturated heterocycles. The molecule has 0 spiro atoms. The second-order valence-electron chi connectivity index (χ2n) is 7.93. The molecule has 0 radical (unpaired) electrons. The van der Waals surface area contributed by atoms with Crippen LogP contribution < -0.4 is 5.73 Å². The number of pyridine rings is 2. The Morgan fingerprint density at radius 1 is 0.848 bits per heavy atom. The number of nitrogens with two attached hydrogens (primary N) is 1. The topological polar surface area (TPSA) is 56.2 Å². The molecule has 4 nitrogen and oxygen atoms in total. The first-order valence-corrected chi connectivity index (χ1v) is 10.8. The molecular weight excluding hydrogens is 418 g/mol. The number of hydrogen-bond donors (Lipinski definition) is 1. The molecule has 3 heterocycles. The van der Waals surface area contributed by atoms with Crippen molar-refractivity contribution in [2.24, 2.45) is 5.73 Å². The van der Waals surface area contributed by atoms with E-state index in [0.717, 1.165) is 46.9 Å². The highest BCUT2D eigenvalue weighted by Crippen LogP contribution is 2.29. The summed E-state index contributed by atoms with van der Waals surface area (Å²) in [7, 11) is 0. The van der Waals surface area contributed by atoms with Crippen molar-refractivity contribution in [3.8, 4) is 33.6 Å². The average molecular weight is 440 g/mol. The van der Waals surface area contributed by atoms with E-state index in [1.165, 1.54) is 17.7 Å². The van der Waals surface area contributed by atoms with Crippen molar-refractivity contribution in [1.29, 1.82) is 0 Å². The molecule has 2 aromatic carbocycles. The molecule has 0 fully saturated rings. The van der Waals surface area contributed by atoms with Crippen LogP contribution in [0.3, 0.4) is 0 Å². The first-order chi connectivity index (χ1) is 16.1. The van der Waals surface area contributed by atoms with Crippen LogP contribution in [0.15, 0.2) is 85.3 Å². The number of hydrogen-bond acceptors (Lipinski definition) is 3. The minimum Gasteiger partial charge on any atom is -0.330 e. The maximum Gasteiger partial charge on any atom is 0.137 e. The Morgan fingerprint density at radius 3 is 2.58 bits per heavy atom. The third-order valence-corrected chi connectivity index (χ3v) is 5.71. The van der Waals surface area contributed by atoms with Crippen molar-refractivity contribution in [3.63, 3.8) is 0 Å². The maximum atomic E-state index is 14.3. The lowest BCUT2D eigenvalue weighted by atomic mass is 10.0. The summed E-state index contributed by atoms with van der Waals surface area (Å²) in [6.45, 7) is 0.678. The molecule has 0 aliphatic rings. The molecule has 0 saturated carbocycles. The smallest absolute Gasteiger partial charge is 0.137 e. The highest BCUT2D eigenvalue weighted by Gasteiger charge is 2.12. The fourth-order valence-corrected chi connectivity index (χ4v) is 4.02. The molecule has 0 amide bonds. The number of aromatic nitrogens is 3. The Kier molecular flexibility index (Phi) is 5.67. The Labute approximate surface area is 190 Å². The van der Waals surface area contributed by atoms with Crippen LogP contribution in [-0.2, 0) is 6.42 Å². The van der Waals surface area contributed by atoms with Crippen molar-refractivity contribution in [1.82, 2.24) is 14.4 Å². The van der Waals surface area contributed by atoms with Crippen LogP contribution in [0.25, 0.3) is 39.3 Å². The zero-order valence-corrected chi connectivity index (χ0v) is 17.9. The zero-order chi connectivity index (χ0) is 22.8. The second kappa shape index (κ2) is 8.92. The predicted octanol–water partition coefficient (Wildman–Crippen LogP) is 5.90. The van der Waals surface area contributed by atoms with Gasteiger partial charge in [-0.1, -0.05) is 24.3 Å². The highest BCUT2D eigenvalue weighted by atomic mass is 19.1. The quantitative estimate of drug-likeness (QED) is 0.358. The van der Waals surface area contributed by atoms with Gasteiger partial charge in [0.25, 0.3) is 0 Å². The number of benzene rings is 2. The van der Waals surface area contributed by atoms with Crippen LogP contribution in [0, 0.1) is 11.6 Å². The Hall–Kier alpha value is -3.90. The summed E-state index contributed by atoms with van der Waals surface area (Å²) >= 11 is 0. The van der Waals surface area contributed by atoms with E-state index in [-0.39, 0.29) is 5.56 Å². The van der Waals surface area contributed by atoms with Crippen LogP contribution in [0.4, 0.5) is 8.78 Å². The molecule has 2 N–H and O–H groups in total. The summed E-state index contributed by atoms with van der Waals surface area (Å²) in [4.78, 5) is 8.86. The summed E-state index contributed by atoms with van der Waals surface area (Å²) < 4.78 is 29.5. The molecule has 5 rings (SSSR count). The van der Waals surface area contributed by atoms with Crippen LogP contribution in [-0.4, -0.2) is 20.9 Å². The van der Waals surface area contributed by atoms with Crippen molar-refractivity contribution in [3.05, 3.63) is 103 Å². The lowest BCUT2D eigenvalue weighted by Crippen LogP contribution is -2.00. The zero-order valence-electron chi connectivity index (χ0n) is 17.9. The van der Waals surface area contributed by atoms with Crippen molar-refractivity contribution in [2.45, 2.75) is 12.8 Å². The largest absolute Gasteiger partial charge is 0.330 e. The van der Waals surface area contributed by atoms with Gasteiger partial charge in [0, 0.05) is 29.6 Å². The van der Waals surface area contributed by atoms with E-state index >= 15 is 0 Å². The summed E-state index contributed by atoms with van der Waals surface area (Å²) in [6.07, 6.45) is 7.31. The van der Waals surface area contributed by atoms with Crippen molar-refractivity contribution >= 4 is 5.65 Å². The molecule has 6 heteroatoms. The molecule has 0 atom stereocenters. The fraction of sp³-hybridized carbons (Fsp3) is 0.111. The predicted molar refractivity (Wildman–Crippen MR) is 127 cm³/mol. The number of nitrogens with zero attached hydrogens (tertiary/aromatic N) is 3. The molecular formula is C27H22F2N4. The average Bonchev–Trinajstić information content (AvgIpc) is 3.26. The SMILES string of the molecule is NCCCc1cccc(-c2ccn3c(-c4ccnc(-c5ccc(F)cc5F)c4)cnc3c2)c1. The van der Waals surface area contributed by atoms with E-state index in [0.29, 0.717) is 12.2 Å². The number of imidazole rings is 1. The van der Waals surface area contributed by atoms with E-state index in [4.69, 9.17) is 5.73 Å². The second-order valence-corrected chi connectivity index (χ2v) is 7.93. The van der Waals surface area contributed by atoms with Gasteiger partial charge in [0.2, 0.25) is 0 Å². The standard InChI is InChI=1S/C27H22F2N4/c28-22-6-7-23(24(29)16-22)25-14-21(8-11-31-25)26-17-32-27-15-20(9-12-33(26)27)19-5-1-3-18(13-19)4-2-10-30/h1,3,5-9,11-17H,2,4,10,30H2. The van der Waals surface area contributed by atoms with E-state index in [2.05, 4.69) is 40.3 Å². The van der Waals surface area contributed by atoms with Crippen molar-refractivity contribution in [2.75, 3.05) is 6.54 Å². The van der Waals surface area contributed by atoms with E-state index < -0.39 is 11.6 Å². The number of halogens is 2. The number of fused-ring (bicyclic) bond motifs is 1. The highest BCUT2D eigenvalue weighted by molar-refractivity contribution is 5.73. The molecule has 0 aliphatic carbocycles. The Morgan fingerprint density at radius 2 is 1.73 bits per heavy atom. The van der Waals surface area contributed by atoms with Gasteiger partial charge in [-0.3, -0.25) is 9.38 Å². The summed E-state index contributed by atoms with van der Waals surface area (Å²) in [5, 5.41) is 0. The number of rotatable bonds is 6. The van der Waals surface area contributed by atoms with Gasteiger partial charge in [-0.15, -0.1) is 0 Å². The monoisotopic (exact) mass is 440 g/mol. The normalized spacial score (nSPS) is 11.2. The van der Waals surface area contributed by atoms with Gasteiger partial charge in [0.15, 0.2) is 0 Å². The fourth-order valence-electron chi connectivity index (χ4n) is 4.02. The van der Waals surface area contributed by atoms with Crippen LogP contribution in [0.5, 0.6) is 0 Å². The van der Waals surface area contributed by atoms with Gasteiger partial charge in [-0.2, -0.15) is 0 Å². The lowest BCUT2D eigenvalue weighted by molar-refractivity contribution is 0.585. The third kappa shape index (κ3) is 4.25. The minimum absolute atomic E-state index is 0.254. The molecule has 0 aliphatic heterocycles.